The summed E-state index contributed by atoms with van der Waals surface area (Å²) in [5.74, 6) is 0.205. The van der Waals surface area contributed by atoms with E-state index in [2.05, 4.69) is 33.2 Å². The summed E-state index contributed by atoms with van der Waals surface area (Å²) in [6, 6.07) is 8.40. The van der Waals surface area contributed by atoms with Crippen LogP contribution < -0.4 is 0 Å². The average molecular weight is 341 g/mol. The van der Waals surface area contributed by atoms with Gasteiger partial charge in [0.05, 0.1) is 25.8 Å². The smallest absolute Gasteiger partial charge is 0.237 e. The highest BCUT2D eigenvalue weighted by molar-refractivity contribution is 5.78. The van der Waals surface area contributed by atoms with Gasteiger partial charge in [-0.3, -0.25) is 14.4 Å². The Balaban J connectivity index is 1.32. The van der Waals surface area contributed by atoms with Gasteiger partial charge in [0.1, 0.15) is 12.7 Å². The number of nitrogens with zero attached hydrogens (tertiary/aromatic N) is 5. The number of hydrogen-bond acceptors (Lipinski definition) is 5. The van der Waals surface area contributed by atoms with Crippen molar-refractivity contribution in [3.05, 3.63) is 48.0 Å². The molecule has 2 aromatic rings. The molecule has 2 aliphatic heterocycles. The first kappa shape index (κ1) is 16.2. The number of ether oxygens (including phenoxy) is 1. The number of carbonyl (C=O) groups excluding carboxylic acids is 1. The van der Waals surface area contributed by atoms with Crippen molar-refractivity contribution in [2.75, 3.05) is 32.8 Å². The van der Waals surface area contributed by atoms with E-state index in [9.17, 15) is 4.79 Å². The molecule has 132 valence electrons. The SMILES string of the molecule is O=C(CN1CCO[C@H](Cn2cncn2)C1)N1CCc2ccccc2C1. The summed E-state index contributed by atoms with van der Waals surface area (Å²) in [6.45, 7) is 4.85. The summed E-state index contributed by atoms with van der Waals surface area (Å²) < 4.78 is 7.58. The lowest BCUT2D eigenvalue weighted by Crippen LogP contribution is -2.49. The van der Waals surface area contributed by atoms with Crippen molar-refractivity contribution in [1.29, 1.82) is 0 Å². The fourth-order valence-electron chi connectivity index (χ4n) is 3.57. The maximum Gasteiger partial charge on any atom is 0.237 e. The Labute approximate surface area is 147 Å². The predicted octanol–water partition coefficient (Wildman–Crippen LogP) is 0.564. The zero-order valence-electron chi connectivity index (χ0n) is 14.3. The minimum atomic E-state index is 0.0466. The molecule has 1 aromatic heterocycles. The monoisotopic (exact) mass is 341 g/mol. The number of fused-ring (bicyclic) bond motifs is 1. The number of rotatable bonds is 4. The Morgan fingerprint density at radius 1 is 1.24 bits per heavy atom. The largest absolute Gasteiger partial charge is 0.374 e. The molecule has 1 aromatic carbocycles. The molecule has 0 radical (unpaired) electrons. The number of carbonyl (C=O) groups is 1. The lowest BCUT2D eigenvalue weighted by Gasteiger charge is -2.35. The minimum absolute atomic E-state index is 0.0466. The van der Waals surface area contributed by atoms with Crippen LogP contribution in [-0.2, 0) is 29.0 Å². The van der Waals surface area contributed by atoms with E-state index in [0.717, 1.165) is 32.6 Å². The first-order valence-electron chi connectivity index (χ1n) is 8.79. The van der Waals surface area contributed by atoms with E-state index in [1.807, 2.05) is 11.0 Å². The average Bonchev–Trinajstić information content (AvgIpc) is 3.14. The highest BCUT2D eigenvalue weighted by Gasteiger charge is 2.26. The van der Waals surface area contributed by atoms with Gasteiger partial charge in [0.2, 0.25) is 5.91 Å². The summed E-state index contributed by atoms with van der Waals surface area (Å²) >= 11 is 0. The summed E-state index contributed by atoms with van der Waals surface area (Å²) in [5.41, 5.74) is 2.64. The molecule has 7 heteroatoms. The van der Waals surface area contributed by atoms with Gasteiger partial charge in [0.25, 0.3) is 0 Å². The molecule has 0 N–H and O–H groups in total. The van der Waals surface area contributed by atoms with E-state index in [0.29, 0.717) is 19.7 Å². The fraction of sp³-hybridized carbons (Fsp3) is 0.500. The van der Waals surface area contributed by atoms with Gasteiger partial charge in [-0.1, -0.05) is 24.3 Å². The summed E-state index contributed by atoms with van der Waals surface area (Å²) in [7, 11) is 0. The molecule has 0 unspecified atom stereocenters. The highest BCUT2D eigenvalue weighted by atomic mass is 16.5. The Kier molecular flexibility index (Phi) is 4.76. The molecule has 0 saturated carbocycles. The van der Waals surface area contributed by atoms with Crippen molar-refractivity contribution in [1.82, 2.24) is 24.6 Å². The number of benzene rings is 1. The number of morpholine rings is 1. The second-order valence-corrected chi connectivity index (χ2v) is 6.68. The fourth-order valence-corrected chi connectivity index (χ4v) is 3.57. The first-order valence-corrected chi connectivity index (χ1v) is 8.79. The van der Waals surface area contributed by atoms with Crippen molar-refractivity contribution >= 4 is 5.91 Å². The highest BCUT2D eigenvalue weighted by Crippen LogP contribution is 2.19. The molecular weight excluding hydrogens is 318 g/mol. The Bertz CT molecular complexity index is 718. The molecule has 25 heavy (non-hydrogen) atoms. The van der Waals surface area contributed by atoms with E-state index in [4.69, 9.17) is 4.74 Å². The third-order valence-corrected chi connectivity index (χ3v) is 4.92. The van der Waals surface area contributed by atoms with Gasteiger partial charge in [-0.05, 0) is 17.5 Å². The second-order valence-electron chi connectivity index (χ2n) is 6.68. The quantitative estimate of drug-likeness (QED) is 0.813. The Morgan fingerprint density at radius 2 is 2.12 bits per heavy atom. The van der Waals surface area contributed by atoms with Gasteiger partial charge in [0, 0.05) is 26.2 Å². The predicted molar refractivity (Wildman–Crippen MR) is 91.8 cm³/mol. The molecular formula is C18H23N5O2. The normalized spacial score (nSPS) is 21.1. The van der Waals surface area contributed by atoms with Gasteiger partial charge in [-0.15, -0.1) is 0 Å². The topological polar surface area (TPSA) is 63.5 Å². The minimum Gasteiger partial charge on any atom is -0.374 e. The molecule has 0 aliphatic carbocycles. The van der Waals surface area contributed by atoms with Crippen LogP contribution in [-0.4, -0.2) is 69.4 Å². The third kappa shape index (κ3) is 3.88. The third-order valence-electron chi connectivity index (χ3n) is 4.92. The maximum absolute atomic E-state index is 12.7. The Hall–Kier alpha value is -2.25. The zero-order chi connectivity index (χ0) is 17.1. The lowest BCUT2D eigenvalue weighted by atomic mass is 10.00. The molecule has 1 saturated heterocycles. The van der Waals surface area contributed by atoms with Gasteiger partial charge < -0.3 is 9.64 Å². The summed E-state index contributed by atoms with van der Waals surface area (Å²) in [5, 5.41) is 4.12. The molecule has 0 spiro atoms. The van der Waals surface area contributed by atoms with Gasteiger partial charge >= 0.3 is 0 Å². The van der Waals surface area contributed by atoms with Gasteiger partial charge in [-0.25, -0.2) is 4.98 Å². The molecule has 3 heterocycles. The van der Waals surface area contributed by atoms with Crippen molar-refractivity contribution in [3.8, 4) is 0 Å². The molecule has 4 rings (SSSR count). The van der Waals surface area contributed by atoms with Crippen molar-refractivity contribution < 1.29 is 9.53 Å². The molecule has 1 amide bonds. The van der Waals surface area contributed by atoms with Crippen LogP contribution in [0.2, 0.25) is 0 Å². The standard InChI is InChI=1S/C18H23N5O2/c24-18(22-6-5-15-3-1-2-4-16(15)9-22)12-21-7-8-25-17(10-21)11-23-14-19-13-20-23/h1-4,13-14,17H,5-12H2/t17-/m0/s1. The summed E-state index contributed by atoms with van der Waals surface area (Å²) in [6.07, 6.45) is 4.21. The van der Waals surface area contributed by atoms with Crippen LogP contribution in [0.5, 0.6) is 0 Å². The lowest BCUT2D eigenvalue weighted by molar-refractivity contribution is -0.135. The van der Waals surface area contributed by atoms with Crippen LogP contribution in [0.1, 0.15) is 11.1 Å². The molecule has 1 fully saturated rings. The molecule has 0 bridgehead atoms. The first-order chi connectivity index (χ1) is 12.3. The zero-order valence-corrected chi connectivity index (χ0v) is 14.3. The van der Waals surface area contributed by atoms with Crippen LogP contribution in [0.25, 0.3) is 0 Å². The van der Waals surface area contributed by atoms with Crippen molar-refractivity contribution in [2.45, 2.75) is 25.6 Å². The number of amides is 1. The second kappa shape index (κ2) is 7.33. The number of hydrogen-bond donors (Lipinski definition) is 0. The van der Waals surface area contributed by atoms with Crippen LogP contribution >= 0.6 is 0 Å². The van der Waals surface area contributed by atoms with Crippen molar-refractivity contribution in [3.63, 3.8) is 0 Å². The van der Waals surface area contributed by atoms with Crippen LogP contribution in [0.3, 0.4) is 0 Å². The van der Waals surface area contributed by atoms with Crippen LogP contribution in [0.4, 0.5) is 0 Å². The van der Waals surface area contributed by atoms with E-state index >= 15 is 0 Å². The van der Waals surface area contributed by atoms with E-state index < -0.39 is 0 Å². The van der Waals surface area contributed by atoms with Crippen LogP contribution in [0.15, 0.2) is 36.9 Å². The van der Waals surface area contributed by atoms with Gasteiger partial charge in [-0.2, -0.15) is 5.10 Å². The van der Waals surface area contributed by atoms with E-state index in [1.54, 1.807) is 11.0 Å². The molecule has 7 nitrogen and oxygen atoms in total. The maximum atomic E-state index is 12.7. The number of aromatic nitrogens is 3. The Morgan fingerprint density at radius 3 is 2.96 bits per heavy atom. The van der Waals surface area contributed by atoms with E-state index in [1.165, 1.54) is 17.5 Å². The van der Waals surface area contributed by atoms with E-state index in [-0.39, 0.29) is 12.0 Å². The molecule has 1 atom stereocenters. The van der Waals surface area contributed by atoms with Crippen molar-refractivity contribution in [2.24, 2.45) is 0 Å². The molecule has 2 aliphatic rings. The van der Waals surface area contributed by atoms with Crippen LogP contribution in [0, 0.1) is 0 Å². The van der Waals surface area contributed by atoms with Gasteiger partial charge in [0.15, 0.2) is 0 Å². The summed E-state index contributed by atoms with van der Waals surface area (Å²) in [4.78, 5) is 20.8.